The average Bonchev–Trinajstić information content (AvgIpc) is 2.41. The van der Waals surface area contributed by atoms with Crippen molar-refractivity contribution in [1.82, 2.24) is 4.98 Å². The summed E-state index contributed by atoms with van der Waals surface area (Å²) in [5.41, 5.74) is 1.39. The lowest BCUT2D eigenvalue weighted by atomic mass is 10.2. The molecule has 0 radical (unpaired) electrons. The van der Waals surface area contributed by atoms with Crippen LogP contribution in [0.5, 0.6) is 0 Å². The van der Waals surface area contributed by atoms with Crippen molar-refractivity contribution >= 4 is 28.4 Å². The second-order valence-corrected chi connectivity index (χ2v) is 6.07. The first-order chi connectivity index (χ1) is 9.54. The number of carbonyl (C=O) groups is 1. The van der Waals surface area contributed by atoms with Crippen LogP contribution in [0.3, 0.4) is 0 Å². The monoisotopic (exact) mass is 309 g/mol. The van der Waals surface area contributed by atoms with Crippen LogP contribution in [0.15, 0.2) is 42.5 Å². The lowest BCUT2D eigenvalue weighted by Gasteiger charge is -2.04. The first kappa shape index (κ1) is 14.7. The Morgan fingerprint density at radius 3 is 2.50 bits per heavy atom. The van der Waals surface area contributed by atoms with Crippen LogP contribution < -0.4 is 0 Å². The molecule has 2 rings (SSSR count). The van der Waals surface area contributed by atoms with Crippen molar-refractivity contribution in [3.8, 4) is 0 Å². The van der Waals surface area contributed by atoms with E-state index in [-0.39, 0.29) is 11.4 Å². The molecule has 0 aliphatic heterocycles. The summed E-state index contributed by atoms with van der Waals surface area (Å²) in [5.74, 6) is -0.477. The molecule has 6 heteroatoms. The van der Waals surface area contributed by atoms with E-state index in [0.717, 1.165) is 5.56 Å². The Bertz CT molecular complexity index is 643. The molecule has 1 aromatic carbocycles. The Balaban J connectivity index is 2.02. The SMILES string of the molecule is O=C(O)c1cccc(CS(=O)Cc2ccc(Cl)cc2)n1. The van der Waals surface area contributed by atoms with E-state index in [1.54, 1.807) is 24.3 Å². The number of aromatic nitrogens is 1. The van der Waals surface area contributed by atoms with Gasteiger partial charge in [0.15, 0.2) is 0 Å². The van der Waals surface area contributed by atoms with Crippen LogP contribution in [0.1, 0.15) is 21.7 Å². The predicted octanol–water partition coefficient (Wildman–Crippen LogP) is 2.88. The molecule has 0 amide bonds. The Kier molecular flexibility index (Phi) is 4.87. The van der Waals surface area contributed by atoms with Crippen molar-refractivity contribution in [1.29, 1.82) is 0 Å². The Morgan fingerprint density at radius 1 is 1.15 bits per heavy atom. The van der Waals surface area contributed by atoms with Gasteiger partial charge in [-0.2, -0.15) is 0 Å². The fourth-order valence-electron chi connectivity index (χ4n) is 1.66. The zero-order valence-corrected chi connectivity index (χ0v) is 12.0. The molecule has 1 heterocycles. The van der Waals surface area contributed by atoms with Crippen molar-refractivity contribution in [2.24, 2.45) is 0 Å². The van der Waals surface area contributed by atoms with Gasteiger partial charge in [0.2, 0.25) is 0 Å². The average molecular weight is 310 g/mol. The maximum Gasteiger partial charge on any atom is 0.354 e. The van der Waals surface area contributed by atoms with Gasteiger partial charge in [0.25, 0.3) is 0 Å². The van der Waals surface area contributed by atoms with Gasteiger partial charge in [-0.1, -0.05) is 29.8 Å². The fraction of sp³-hybridized carbons (Fsp3) is 0.143. The van der Waals surface area contributed by atoms with Crippen LogP contribution in [-0.4, -0.2) is 20.3 Å². The van der Waals surface area contributed by atoms with E-state index in [1.807, 2.05) is 12.1 Å². The van der Waals surface area contributed by atoms with Crippen molar-refractivity contribution in [3.63, 3.8) is 0 Å². The second-order valence-electron chi connectivity index (χ2n) is 4.17. The Hall–Kier alpha value is -1.72. The van der Waals surface area contributed by atoms with E-state index in [0.29, 0.717) is 16.5 Å². The van der Waals surface area contributed by atoms with Crippen LogP contribution in [0.2, 0.25) is 5.02 Å². The summed E-state index contributed by atoms with van der Waals surface area (Å²) in [6, 6.07) is 11.8. The smallest absolute Gasteiger partial charge is 0.354 e. The van der Waals surface area contributed by atoms with E-state index in [4.69, 9.17) is 16.7 Å². The molecular weight excluding hydrogens is 298 g/mol. The first-order valence-electron chi connectivity index (χ1n) is 5.83. The summed E-state index contributed by atoms with van der Waals surface area (Å²) >= 11 is 5.78. The van der Waals surface area contributed by atoms with Gasteiger partial charge >= 0.3 is 5.97 Å². The van der Waals surface area contributed by atoms with Gasteiger partial charge in [-0.25, -0.2) is 9.78 Å². The Morgan fingerprint density at radius 2 is 1.85 bits per heavy atom. The lowest BCUT2D eigenvalue weighted by molar-refractivity contribution is 0.0690. The van der Waals surface area contributed by atoms with E-state index in [2.05, 4.69) is 4.98 Å². The molecule has 0 saturated heterocycles. The highest BCUT2D eigenvalue weighted by atomic mass is 35.5. The summed E-state index contributed by atoms with van der Waals surface area (Å²) in [5, 5.41) is 9.49. The minimum atomic E-state index is -1.15. The van der Waals surface area contributed by atoms with Crippen molar-refractivity contribution < 1.29 is 14.1 Å². The zero-order chi connectivity index (χ0) is 14.5. The minimum Gasteiger partial charge on any atom is -0.477 e. The van der Waals surface area contributed by atoms with Gasteiger partial charge in [-0.05, 0) is 29.8 Å². The molecule has 20 heavy (non-hydrogen) atoms. The third-order valence-electron chi connectivity index (χ3n) is 2.58. The van der Waals surface area contributed by atoms with Crippen LogP contribution in [0.4, 0.5) is 0 Å². The van der Waals surface area contributed by atoms with Crippen LogP contribution in [0.25, 0.3) is 0 Å². The number of carboxylic acids is 1. The molecule has 1 N–H and O–H groups in total. The molecule has 1 aromatic heterocycles. The fourth-order valence-corrected chi connectivity index (χ4v) is 2.94. The van der Waals surface area contributed by atoms with Crippen LogP contribution in [-0.2, 0) is 22.3 Å². The topological polar surface area (TPSA) is 67.3 Å². The summed E-state index contributed by atoms with van der Waals surface area (Å²) < 4.78 is 12.0. The molecule has 2 aromatic rings. The number of hydrogen-bond acceptors (Lipinski definition) is 3. The maximum atomic E-state index is 12.0. The summed E-state index contributed by atoms with van der Waals surface area (Å²) in [4.78, 5) is 14.8. The maximum absolute atomic E-state index is 12.0. The second kappa shape index (κ2) is 6.63. The highest BCUT2D eigenvalue weighted by molar-refractivity contribution is 7.83. The summed E-state index contributed by atoms with van der Waals surface area (Å²) in [7, 11) is -1.15. The largest absolute Gasteiger partial charge is 0.477 e. The molecule has 1 unspecified atom stereocenters. The predicted molar refractivity (Wildman–Crippen MR) is 78.2 cm³/mol. The molecule has 0 fully saturated rings. The van der Waals surface area contributed by atoms with E-state index in [1.165, 1.54) is 6.07 Å². The van der Waals surface area contributed by atoms with Gasteiger partial charge < -0.3 is 5.11 Å². The molecule has 0 saturated carbocycles. The van der Waals surface area contributed by atoms with Gasteiger partial charge in [0, 0.05) is 21.6 Å². The summed E-state index contributed by atoms with van der Waals surface area (Å²) in [6.45, 7) is 0. The molecule has 104 valence electrons. The van der Waals surface area contributed by atoms with Crippen molar-refractivity contribution in [2.75, 3.05) is 0 Å². The minimum absolute atomic E-state index is 0.0361. The Labute approximate surface area is 123 Å². The van der Waals surface area contributed by atoms with Crippen LogP contribution >= 0.6 is 11.6 Å². The van der Waals surface area contributed by atoms with Gasteiger partial charge in [-0.3, -0.25) is 4.21 Å². The number of rotatable bonds is 5. The highest BCUT2D eigenvalue weighted by Crippen LogP contribution is 2.12. The molecule has 4 nitrogen and oxygen atoms in total. The number of pyridine rings is 1. The van der Waals surface area contributed by atoms with Gasteiger partial charge in [-0.15, -0.1) is 0 Å². The van der Waals surface area contributed by atoms with E-state index >= 15 is 0 Å². The van der Waals surface area contributed by atoms with Crippen molar-refractivity contribution in [3.05, 3.63) is 64.4 Å². The number of halogens is 1. The normalized spacial score (nSPS) is 12.1. The molecule has 1 atom stereocenters. The molecule has 0 aliphatic rings. The number of benzene rings is 1. The highest BCUT2D eigenvalue weighted by Gasteiger charge is 2.08. The molecule has 0 aliphatic carbocycles. The molecule has 0 spiro atoms. The van der Waals surface area contributed by atoms with Gasteiger partial charge in [0.1, 0.15) is 5.69 Å². The van der Waals surface area contributed by atoms with Crippen LogP contribution in [0, 0.1) is 0 Å². The third kappa shape index (κ3) is 4.15. The van der Waals surface area contributed by atoms with E-state index in [9.17, 15) is 9.00 Å². The number of aromatic carboxylic acids is 1. The third-order valence-corrected chi connectivity index (χ3v) is 4.10. The quantitative estimate of drug-likeness (QED) is 0.922. The molecular formula is C14H12ClNO3S. The van der Waals surface area contributed by atoms with E-state index < -0.39 is 16.8 Å². The van der Waals surface area contributed by atoms with Crippen molar-refractivity contribution in [2.45, 2.75) is 11.5 Å². The number of hydrogen-bond donors (Lipinski definition) is 1. The number of nitrogens with zero attached hydrogens (tertiary/aromatic N) is 1. The van der Waals surface area contributed by atoms with Gasteiger partial charge in [0.05, 0.1) is 11.4 Å². The zero-order valence-electron chi connectivity index (χ0n) is 10.5. The molecule has 0 bridgehead atoms. The lowest BCUT2D eigenvalue weighted by Crippen LogP contribution is -2.05. The standard InChI is InChI=1S/C14H12ClNO3S/c15-11-6-4-10(5-7-11)8-20(19)9-12-2-1-3-13(16-12)14(17)18/h1-7H,8-9H2,(H,17,18). The summed E-state index contributed by atoms with van der Waals surface area (Å²) in [6.07, 6.45) is 0. The first-order valence-corrected chi connectivity index (χ1v) is 7.70. The number of carboxylic acid groups (broad SMARTS) is 1.